The van der Waals surface area contributed by atoms with Crippen LogP contribution in [0, 0.1) is 0 Å². The van der Waals surface area contributed by atoms with Gasteiger partial charge in [0, 0.05) is 11.8 Å². The summed E-state index contributed by atoms with van der Waals surface area (Å²) in [6, 6.07) is 6.09. The van der Waals surface area contributed by atoms with E-state index in [1.807, 2.05) is 19.1 Å². The summed E-state index contributed by atoms with van der Waals surface area (Å²) in [5, 5.41) is 0.818. The van der Waals surface area contributed by atoms with Crippen molar-refractivity contribution in [2.45, 2.75) is 25.1 Å². The molecule has 0 unspecified atom stereocenters. The van der Waals surface area contributed by atoms with Crippen LogP contribution in [0.5, 0.6) is 0 Å². The van der Waals surface area contributed by atoms with E-state index >= 15 is 0 Å². The van der Waals surface area contributed by atoms with Crippen molar-refractivity contribution in [3.8, 4) is 0 Å². The molecule has 15 heavy (non-hydrogen) atoms. The van der Waals surface area contributed by atoms with Gasteiger partial charge in [0.2, 0.25) is 0 Å². The number of Topliss-reactive ketones (excluding diaryl/α,β-unsaturated/α-hetero) is 1. The van der Waals surface area contributed by atoms with E-state index in [9.17, 15) is 4.79 Å². The predicted molar refractivity (Wildman–Crippen MR) is 65.2 cm³/mol. The van der Waals surface area contributed by atoms with E-state index in [2.05, 4.69) is 27.0 Å². The predicted octanol–water partition coefficient (Wildman–Crippen LogP) is 3.19. The minimum Gasteiger partial charge on any atom is -0.292 e. The van der Waals surface area contributed by atoms with Crippen LogP contribution in [0.1, 0.15) is 24.5 Å². The van der Waals surface area contributed by atoms with E-state index in [-0.39, 0.29) is 5.78 Å². The molecule has 0 aliphatic carbocycles. The second kappa shape index (κ2) is 4.27. The summed E-state index contributed by atoms with van der Waals surface area (Å²) in [5.74, 6) is 0.164. The maximum atomic E-state index is 11.6. The van der Waals surface area contributed by atoms with Crippen LogP contribution in [-0.2, 0) is 16.5 Å². The van der Waals surface area contributed by atoms with Gasteiger partial charge in [-0.15, -0.1) is 0 Å². The van der Waals surface area contributed by atoms with Crippen LogP contribution in [0.25, 0.3) is 0 Å². The van der Waals surface area contributed by atoms with Crippen molar-refractivity contribution in [3.63, 3.8) is 0 Å². The first kappa shape index (κ1) is 10.6. The second-order valence-electron chi connectivity index (χ2n) is 3.61. The minimum atomic E-state index is 0.164. The van der Waals surface area contributed by atoms with Gasteiger partial charge in [-0.3, -0.25) is 4.79 Å². The van der Waals surface area contributed by atoms with Gasteiger partial charge in [-0.1, -0.05) is 35.0 Å². The van der Waals surface area contributed by atoms with Crippen LogP contribution in [0.4, 0.5) is 5.69 Å². The number of carbonyl (C=O) groups excluding carboxylic acids is 1. The Hall–Kier alpha value is -0.960. The molecular formula is C12H12BrNO. The largest absolute Gasteiger partial charge is 0.292 e. The van der Waals surface area contributed by atoms with Gasteiger partial charge >= 0.3 is 0 Å². The molecule has 0 spiro atoms. The standard InChI is InChI=1S/C12H12BrNO/c1-2-10-12(15)6-9-5-8(7-13)3-4-11(9)14-10/h3-5H,2,6-7H2,1H3. The highest BCUT2D eigenvalue weighted by atomic mass is 79.9. The number of alkyl halides is 1. The number of fused-ring (bicyclic) bond motifs is 1. The maximum Gasteiger partial charge on any atom is 0.181 e. The summed E-state index contributed by atoms with van der Waals surface area (Å²) in [6.07, 6.45) is 1.22. The van der Waals surface area contributed by atoms with E-state index < -0.39 is 0 Å². The summed E-state index contributed by atoms with van der Waals surface area (Å²) in [4.78, 5) is 16.0. The number of halogens is 1. The van der Waals surface area contributed by atoms with Crippen molar-refractivity contribution >= 4 is 33.1 Å². The van der Waals surface area contributed by atoms with Gasteiger partial charge in [0.1, 0.15) is 0 Å². The van der Waals surface area contributed by atoms with Crippen molar-refractivity contribution < 1.29 is 4.79 Å². The fourth-order valence-corrected chi connectivity index (χ4v) is 2.08. The molecule has 0 saturated heterocycles. The van der Waals surface area contributed by atoms with E-state index in [0.29, 0.717) is 12.1 Å². The summed E-state index contributed by atoms with van der Waals surface area (Å²) in [7, 11) is 0. The number of hydrogen-bond acceptors (Lipinski definition) is 2. The average Bonchev–Trinajstić information content (AvgIpc) is 2.27. The summed E-state index contributed by atoms with van der Waals surface area (Å²) < 4.78 is 0. The van der Waals surface area contributed by atoms with Gasteiger partial charge in [-0.2, -0.15) is 0 Å². The molecule has 1 aliphatic rings. The van der Waals surface area contributed by atoms with Gasteiger partial charge in [0.15, 0.2) is 5.78 Å². The summed E-state index contributed by atoms with van der Waals surface area (Å²) in [5.41, 5.74) is 3.90. The Kier molecular flexibility index (Phi) is 3.00. The average molecular weight is 266 g/mol. The zero-order valence-electron chi connectivity index (χ0n) is 8.59. The Morgan fingerprint density at radius 1 is 1.47 bits per heavy atom. The zero-order valence-corrected chi connectivity index (χ0v) is 10.2. The molecule has 1 heterocycles. The van der Waals surface area contributed by atoms with E-state index in [1.165, 1.54) is 5.56 Å². The van der Waals surface area contributed by atoms with Crippen molar-refractivity contribution in [1.29, 1.82) is 0 Å². The molecule has 0 saturated carbocycles. The maximum absolute atomic E-state index is 11.6. The molecule has 0 amide bonds. The zero-order chi connectivity index (χ0) is 10.8. The quantitative estimate of drug-likeness (QED) is 0.756. The molecule has 0 atom stereocenters. The first-order valence-corrected chi connectivity index (χ1v) is 6.15. The highest BCUT2D eigenvalue weighted by Gasteiger charge is 2.18. The van der Waals surface area contributed by atoms with Crippen molar-refractivity contribution in [1.82, 2.24) is 0 Å². The number of nitrogens with zero attached hydrogens (tertiary/aromatic N) is 1. The number of ketones is 1. The third-order valence-electron chi connectivity index (χ3n) is 2.56. The number of hydrogen-bond donors (Lipinski definition) is 0. The summed E-state index contributed by atoms with van der Waals surface area (Å²) >= 11 is 3.41. The Labute approximate surface area is 97.5 Å². The number of carbonyl (C=O) groups is 1. The minimum absolute atomic E-state index is 0.164. The van der Waals surface area contributed by atoms with Gasteiger partial charge in [0.25, 0.3) is 0 Å². The van der Waals surface area contributed by atoms with Gasteiger partial charge in [-0.25, -0.2) is 4.99 Å². The number of benzene rings is 1. The monoisotopic (exact) mass is 265 g/mol. The SMILES string of the molecule is CCC1=Nc2ccc(CBr)cc2CC1=O. The van der Waals surface area contributed by atoms with Crippen LogP contribution < -0.4 is 0 Å². The molecule has 1 aliphatic heterocycles. The molecule has 1 aromatic rings. The molecule has 2 nitrogen and oxygen atoms in total. The molecule has 3 heteroatoms. The fourth-order valence-electron chi connectivity index (χ4n) is 1.73. The molecule has 1 aromatic carbocycles. The van der Waals surface area contributed by atoms with Gasteiger partial charge < -0.3 is 0 Å². The molecule has 0 aromatic heterocycles. The van der Waals surface area contributed by atoms with Crippen molar-refractivity contribution in [2.24, 2.45) is 4.99 Å². The van der Waals surface area contributed by atoms with Crippen LogP contribution in [0.2, 0.25) is 0 Å². The third-order valence-corrected chi connectivity index (χ3v) is 3.21. The Morgan fingerprint density at radius 3 is 2.93 bits per heavy atom. The molecule has 2 rings (SSSR count). The van der Waals surface area contributed by atoms with Crippen LogP contribution in [0.3, 0.4) is 0 Å². The first-order valence-electron chi connectivity index (χ1n) is 5.03. The van der Waals surface area contributed by atoms with E-state index in [4.69, 9.17) is 0 Å². The topological polar surface area (TPSA) is 29.4 Å². The second-order valence-corrected chi connectivity index (χ2v) is 4.17. The molecule has 0 N–H and O–H groups in total. The van der Waals surface area contributed by atoms with Gasteiger partial charge in [-0.05, 0) is 23.6 Å². The van der Waals surface area contributed by atoms with Crippen LogP contribution in [-0.4, -0.2) is 11.5 Å². The fraction of sp³-hybridized carbons (Fsp3) is 0.333. The highest BCUT2D eigenvalue weighted by molar-refractivity contribution is 9.08. The Morgan fingerprint density at radius 2 is 2.27 bits per heavy atom. The van der Waals surface area contributed by atoms with Crippen LogP contribution >= 0.6 is 15.9 Å². The lowest BCUT2D eigenvalue weighted by atomic mass is 9.98. The molecular weight excluding hydrogens is 254 g/mol. The lowest BCUT2D eigenvalue weighted by Crippen LogP contribution is -2.19. The first-order chi connectivity index (χ1) is 7.24. The Bertz CT molecular complexity index is 437. The number of rotatable bonds is 2. The third kappa shape index (κ3) is 2.02. The van der Waals surface area contributed by atoms with Crippen molar-refractivity contribution in [2.75, 3.05) is 0 Å². The lowest BCUT2D eigenvalue weighted by Gasteiger charge is -2.14. The summed E-state index contributed by atoms with van der Waals surface area (Å²) in [6.45, 7) is 1.97. The Balaban J connectivity index is 2.45. The van der Waals surface area contributed by atoms with Gasteiger partial charge in [0.05, 0.1) is 11.4 Å². The number of aliphatic imine (C=N–C) groups is 1. The lowest BCUT2D eigenvalue weighted by molar-refractivity contribution is -0.112. The molecule has 0 bridgehead atoms. The molecule has 0 fully saturated rings. The molecule has 0 radical (unpaired) electrons. The smallest absolute Gasteiger partial charge is 0.181 e. The highest BCUT2D eigenvalue weighted by Crippen LogP contribution is 2.26. The normalized spacial score (nSPS) is 14.8. The van der Waals surface area contributed by atoms with E-state index in [1.54, 1.807) is 0 Å². The van der Waals surface area contributed by atoms with Crippen molar-refractivity contribution in [3.05, 3.63) is 29.3 Å². The van der Waals surface area contributed by atoms with E-state index in [0.717, 1.165) is 23.0 Å². The van der Waals surface area contributed by atoms with Crippen LogP contribution in [0.15, 0.2) is 23.2 Å². The molecule has 78 valence electrons.